The monoisotopic (exact) mass is 259 g/mol. The number of nitrogens with zero attached hydrogens (tertiary/aromatic N) is 2. The van der Waals surface area contributed by atoms with Crippen LogP contribution in [0.3, 0.4) is 0 Å². The number of rotatable bonds is 2. The summed E-state index contributed by atoms with van der Waals surface area (Å²) in [6.07, 6.45) is 2.56. The van der Waals surface area contributed by atoms with E-state index in [4.69, 9.17) is 5.73 Å². The minimum absolute atomic E-state index is 0.434. The minimum atomic E-state index is 0.434. The van der Waals surface area contributed by atoms with E-state index in [0.717, 1.165) is 13.1 Å². The summed E-state index contributed by atoms with van der Waals surface area (Å²) in [6.45, 7) is 6.43. The zero-order valence-corrected chi connectivity index (χ0v) is 12.1. The maximum absolute atomic E-state index is 6.07. The van der Waals surface area contributed by atoms with Gasteiger partial charge in [0.1, 0.15) is 0 Å². The molecular formula is C16H25N3. The molecule has 1 aromatic carbocycles. The maximum Gasteiger partial charge on any atom is 0.0480 e. The van der Waals surface area contributed by atoms with Gasteiger partial charge in [0.15, 0.2) is 0 Å². The van der Waals surface area contributed by atoms with E-state index in [0.29, 0.717) is 12.1 Å². The smallest absolute Gasteiger partial charge is 0.0480 e. The van der Waals surface area contributed by atoms with Crippen molar-refractivity contribution < 1.29 is 0 Å². The summed E-state index contributed by atoms with van der Waals surface area (Å²) >= 11 is 0. The van der Waals surface area contributed by atoms with Crippen LogP contribution in [0.1, 0.15) is 35.6 Å². The van der Waals surface area contributed by atoms with Crippen LogP contribution in [0.5, 0.6) is 0 Å². The first-order chi connectivity index (χ1) is 9.19. The van der Waals surface area contributed by atoms with Crippen molar-refractivity contribution >= 4 is 0 Å². The molecule has 0 aromatic heterocycles. The number of nitrogens with two attached hydrogens (primary N) is 1. The van der Waals surface area contributed by atoms with Crippen LogP contribution < -0.4 is 5.73 Å². The average molecular weight is 259 g/mol. The third-order valence-corrected chi connectivity index (χ3v) is 4.79. The Kier molecular flexibility index (Phi) is 3.61. The van der Waals surface area contributed by atoms with Crippen LogP contribution >= 0.6 is 0 Å². The number of hydrogen-bond acceptors (Lipinski definition) is 3. The summed E-state index contributed by atoms with van der Waals surface area (Å²) in [5, 5.41) is 0. The summed E-state index contributed by atoms with van der Waals surface area (Å²) in [6, 6.07) is 8.00. The Morgan fingerprint density at radius 3 is 2.68 bits per heavy atom. The summed E-state index contributed by atoms with van der Waals surface area (Å²) in [4.78, 5) is 5.08. The molecule has 3 rings (SSSR count). The Hall–Kier alpha value is -0.900. The van der Waals surface area contributed by atoms with Gasteiger partial charge in [0.2, 0.25) is 0 Å². The molecule has 104 valence electrons. The molecule has 0 radical (unpaired) electrons. The lowest BCUT2D eigenvalue weighted by molar-refractivity contribution is 0.0908. The molecule has 0 aliphatic carbocycles. The van der Waals surface area contributed by atoms with Crippen LogP contribution in [0.2, 0.25) is 0 Å². The molecular weight excluding hydrogens is 234 g/mol. The summed E-state index contributed by atoms with van der Waals surface area (Å²) in [5.74, 6) is 0. The molecule has 1 fully saturated rings. The van der Waals surface area contributed by atoms with E-state index in [1.165, 1.54) is 42.6 Å². The maximum atomic E-state index is 6.07. The number of aryl methyl sites for hydroxylation is 1. The van der Waals surface area contributed by atoms with Gasteiger partial charge in [-0.25, -0.2) is 0 Å². The van der Waals surface area contributed by atoms with Crippen LogP contribution in [-0.4, -0.2) is 42.5 Å². The van der Waals surface area contributed by atoms with Gasteiger partial charge in [-0.15, -0.1) is 0 Å². The lowest BCUT2D eigenvalue weighted by Gasteiger charge is -2.38. The van der Waals surface area contributed by atoms with Gasteiger partial charge in [-0.2, -0.15) is 0 Å². The highest BCUT2D eigenvalue weighted by Gasteiger charge is 2.34. The van der Waals surface area contributed by atoms with E-state index in [2.05, 4.69) is 42.0 Å². The number of fused-ring (bicyclic) bond motifs is 1. The minimum Gasteiger partial charge on any atom is -0.329 e. The van der Waals surface area contributed by atoms with Crippen molar-refractivity contribution in [2.45, 2.75) is 38.4 Å². The zero-order valence-electron chi connectivity index (χ0n) is 12.1. The summed E-state index contributed by atoms with van der Waals surface area (Å²) in [7, 11) is 2.22. The second-order valence-electron chi connectivity index (χ2n) is 6.16. The van der Waals surface area contributed by atoms with Gasteiger partial charge in [0.05, 0.1) is 0 Å². The van der Waals surface area contributed by atoms with E-state index >= 15 is 0 Å². The second kappa shape index (κ2) is 5.23. The van der Waals surface area contributed by atoms with Crippen LogP contribution in [-0.2, 0) is 6.54 Å². The predicted octanol–water partition coefficient (Wildman–Crippen LogP) is 1.90. The standard InChI is InChI=1S/C16H25N3/c1-12-3-4-13-11-19(16(10-17)15(13)9-12)14-5-7-18(2)8-6-14/h3-4,9,14,16H,5-8,10-11,17H2,1-2H3. The van der Waals surface area contributed by atoms with Crippen molar-refractivity contribution in [3.63, 3.8) is 0 Å². The van der Waals surface area contributed by atoms with Gasteiger partial charge < -0.3 is 10.6 Å². The quantitative estimate of drug-likeness (QED) is 0.880. The van der Waals surface area contributed by atoms with E-state index < -0.39 is 0 Å². The molecule has 2 aliphatic rings. The van der Waals surface area contributed by atoms with Gasteiger partial charge in [-0.1, -0.05) is 23.8 Å². The first-order valence-electron chi connectivity index (χ1n) is 7.43. The van der Waals surface area contributed by atoms with E-state index in [9.17, 15) is 0 Å². The number of benzene rings is 1. The molecule has 2 N–H and O–H groups in total. The van der Waals surface area contributed by atoms with Crippen molar-refractivity contribution in [3.8, 4) is 0 Å². The van der Waals surface area contributed by atoms with Crippen molar-refractivity contribution in [3.05, 3.63) is 34.9 Å². The Morgan fingerprint density at radius 1 is 1.26 bits per heavy atom. The fourth-order valence-electron chi connectivity index (χ4n) is 3.63. The summed E-state index contributed by atoms with van der Waals surface area (Å²) < 4.78 is 0. The Labute approximate surface area is 116 Å². The van der Waals surface area contributed by atoms with E-state index in [-0.39, 0.29) is 0 Å². The molecule has 0 saturated carbocycles. The number of hydrogen-bond donors (Lipinski definition) is 1. The average Bonchev–Trinajstić information content (AvgIpc) is 2.77. The van der Waals surface area contributed by atoms with Gasteiger partial charge >= 0.3 is 0 Å². The highest BCUT2D eigenvalue weighted by Crippen LogP contribution is 2.37. The number of piperidine rings is 1. The molecule has 0 amide bonds. The Bertz CT molecular complexity index is 449. The van der Waals surface area contributed by atoms with Crippen molar-refractivity contribution in [2.75, 3.05) is 26.7 Å². The van der Waals surface area contributed by atoms with Gasteiger partial charge in [0, 0.05) is 25.2 Å². The molecule has 1 saturated heterocycles. The Balaban J connectivity index is 1.81. The van der Waals surface area contributed by atoms with Gasteiger partial charge in [-0.3, -0.25) is 4.90 Å². The van der Waals surface area contributed by atoms with Crippen LogP contribution in [0.15, 0.2) is 18.2 Å². The molecule has 1 atom stereocenters. The molecule has 0 bridgehead atoms. The molecule has 3 nitrogen and oxygen atoms in total. The topological polar surface area (TPSA) is 32.5 Å². The molecule has 2 heterocycles. The predicted molar refractivity (Wildman–Crippen MR) is 79.0 cm³/mol. The molecule has 3 heteroatoms. The van der Waals surface area contributed by atoms with Gasteiger partial charge in [-0.05, 0) is 51.0 Å². The highest BCUT2D eigenvalue weighted by molar-refractivity contribution is 5.37. The molecule has 19 heavy (non-hydrogen) atoms. The third kappa shape index (κ3) is 2.42. The molecule has 2 aliphatic heterocycles. The Morgan fingerprint density at radius 2 is 2.00 bits per heavy atom. The molecule has 1 unspecified atom stereocenters. The fraction of sp³-hybridized carbons (Fsp3) is 0.625. The van der Waals surface area contributed by atoms with Crippen LogP contribution in [0, 0.1) is 6.92 Å². The van der Waals surface area contributed by atoms with E-state index in [1.807, 2.05) is 0 Å². The fourth-order valence-corrected chi connectivity index (χ4v) is 3.63. The third-order valence-electron chi connectivity index (χ3n) is 4.79. The van der Waals surface area contributed by atoms with Crippen molar-refractivity contribution in [1.29, 1.82) is 0 Å². The lowest BCUT2D eigenvalue weighted by Crippen LogP contribution is -2.44. The van der Waals surface area contributed by atoms with Gasteiger partial charge in [0.25, 0.3) is 0 Å². The first kappa shape index (κ1) is 13.1. The second-order valence-corrected chi connectivity index (χ2v) is 6.16. The first-order valence-corrected chi connectivity index (χ1v) is 7.43. The lowest BCUT2D eigenvalue weighted by atomic mass is 10.00. The highest BCUT2D eigenvalue weighted by atomic mass is 15.2. The van der Waals surface area contributed by atoms with Crippen molar-refractivity contribution in [1.82, 2.24) is 9.80 Å². The van der Waals surface area contributed by atoms with Crippen LogP contribution in [0.25, 0.3) is 0 Å². The SMILES string of the molecule is Cc1ccc2c(c1)C(CN)N(C1CCN(C)CC1)C2. The van der Waals surface area contributed by atoms with E-state index in [1.54, 1.807) is 0 Å². The normalized spacial score (nSPS) is 25.7. The number of likely N-dealkylation sites (tertiary alicyclic amines) is 1. The molecule has 0 spiro atoms. The molecule has 1 aromatic rings. The zero-order chi connectivity index (χ0) is 13.4. The van der Waals surface area contributed by atoms with Crippen molar-refractivity contribution in [2.24, 2.45) is 5.73 Å². The van der Waals surface area contributed by atoms with Crippen LogP contribution in [0.4, 0.5) is 0 Å². The summed E-state index contributed by atoms with van der Waals surface area (Å²) in [5.41, 5.74) is 10.4. The largest absolute Gasteiger partial charge is 0.329 e.